The van der Waals surface area contributed by atoms with Gasteiger partial charge in [0.05, 0.1) is 5.69 Å². The van der Waals surface area contributed by atoms with Crippen LogP contribution in [0.2, 0.25) is 0 Å². The lowest BCUT2D eigenvalue weighted by atomic mass is 10.0. The van der Waals surface area contributed by atoms with Crippen molar-refractivity contribution in [3.05, 3.63) is 46.0 Å². The number of thiazole rings is 1. The highest BCUT2D eigenvalue weighted by atomic mass is 32.1. The molecule has 1 aromatic carbocycles. The maximum absolute atomic E-state index is 5.87. The van der Waals surface area contributed by atoms with Gasteiger partial charge in [0.25, 0.3) is 0 Å². The van der Waals surface area contributed by atoms with Gasteiger partial charge in [-0.05, 0) is 29.9 Å². The van der Waals surface area contributed by atoms with E-state index < -0.39 is 0 Å². The van der Waals surface area contributed by atoms with Gasteiger partial charge in [0, 0.05) is 17.2 Å². The van der Waals surface area contributed by atoms with Crippen molar-refractivity contribution in [2.75, 3.05) is 5.73 Å². The average Bonchev–Trinajstić information content (AvgIpc) is 3.15. The van der Waals surface area contributed by atoms with Gasteiger partial charge in [0.15, 0.2) is 5.13 Å². The predicted molar refractivity (Wildman–Crippen MR) is 81.8 cm³/mol. The van der Waals surface area contributed by atoms with Crippen LogP contribution >= 0.6 is 11.3 Å². The molecule has 0 saturated heterocycles. The van der Waals surface area contributed by atoms with Crippen molar-refractivity contribution in [2.24, 2.45) is 0 Å². The molecule has 0 atom stereocenters. The summed E-state index contributed by atoms with van der Waals surface area (Å²) < 4.78 is 0. The van der Waals surface area contributed by atoms with Crippen molar-refractivity contribution < 1.29 is 0 Å². The lowest BCUT2D eigenvalue weighted by Gasteiger charge is -2.07. The molecule has 0 amide bonds. The highest BCUT2D eigenvalue weighted by Crippen LogP contribution is 2.43. The number of hydrogen-bond donors (Lipinski definition) is 1. The quantitative estimate of drug-likeness (QED) is 0.900. The van der Waals surface area contributed by atoms with Gasteiger partial charge in [0.1, 0.15) is 0 Å². The van der Waals surface area contributed by atoms with Gasteiger partial charge in [-0.15, -0.1) is 11.3 Å². The van der Waals surface area contributed by atoms with E-state index in [1.807, 2.05) is 0 Å². The molecule has 1 heterocycles. The van der Waals surface area contributed by atoms with Gasteiger partial charge in [-0.1, -0.05) is 38.1 Å². The van der Waals surface area contributed by atoms with Gasteiger partial charge in [-0.2, -0.15) is 0 Å². The summed E-state index contributed by atoms with van der Waals surface area (Å²) in [6.07, 6.45) is 3.53. The normalized spacial score (nSPS) is 15.1. The maximum atomic E-state index is 5.87. The number of benzene rings is 1. The summed E-state index contributed by atoms with van der Waals surface area (Å²) >= 11 is 1.65. The van der Waals surface area contributed by atoms with E-state index in [0.29, 0.717) is 11.8 Å². The molecule has 2 nitrogen and oxygen atoms in total. The van der Waals surface area contributed by atoms with E-state index in [9.17, 15) is 0 Å². The third-order valence-electron chi connectivity index (χ3n) is 3.72. The Kier molecular flexibility index (Phi) is 3.31. The number of nitrogens with zero attached hydrogens (tertiary/aromatic N) is 1. The second-order valence-electron chi connectivity index (χ2n) is 5.71. The van der Waals surface area contributed by atoms with E-state index in [-0.39, 0.29) is 0 Å². The third-order valence-corrected chi connectivity index (χ3v) is 4.62. The first-order chi connectivity index (χ1) is 9.13. The first kappa shape index (κ1) is 12.7. The molecule has 3 rings (SSSR count). The summed E-state index contributed by atoms with van der Waals surface area (Å²) in [5.41, 5.74) is 9.88. The van der Waals surface area contributed by atoms with Crippen molar-refractivity contribution >= 4 is 16.5 Å². The standard InChI is InChI=1S/C16H20N2S/c1-10(2)12-5-3-11(4-6-12)9-14-15(13-7-8-13)18-16(17)19-14/h3-6,10,13H,7-9H2,1-2H3,(H2,17,18). The van der Waals surface area contributed by atoms with Crippen molar-refractivity contribution in [2.45, 2.75) is 44.9 Å². The molecule has 0 aliphatic heterocycles. The molecule has 19 heavy (non-hydrogen) atoms. The molecule has 2 aromatic rings. The number of aromatic nitrogens is 1. The Morgan fingerprint density at radius 2 is 1.95 bits per heavy atom. The molecule has 1 fully saturated rings. The zero-order valence-corrected chi connectivity index (χ0v) is 12.3. The molecule has 0 bridgehead atoms. The molecule has 100 valence electrons. The Bertz CT molecular complexity index is 565. The lowest BCUT2D eigenvalue weighted by molar-refractivity contribution is 0.865. The van der Waals surface area contributed by atoms with Crippen molar-refractivity contribution in [3.63, 3.8) is 0 Å². The highest BCUT2D eigenvalue weighted by molar-refractivity contribution is 7.15. The highest BCUT2D eigenvalue weighted by Gasteiger charge is 2.29. The van der Waals surface area contributed by atoms with E-state index in [0.717, 1.165) is 11.6 Å². The van der Waals surface area contributed by atoms with E-state index in [4.69, 9.17) is 5.73 Å². The Morgan fingerprint density at radius 1 is 1.26 bits per heavy atom. The van der Waals surface area contributed by atoms with Gasteiger partial charge in [-0.25, -0.2) is 4.98 Å². The minimum atomic E-state index is 0.593. The molecule has 2 N–H and O–H groups in total. The molecule has 1 aliphatic carbocycles. The number of nitrogen functional groups attached to an aromatic ring is 1. The molecule has 1 saturated carbocycles. The molecular weight excluding hydrogens is 252 g/mol. The van der Waals surface area contributed by atoms with Crippen LogP contribution in [0.25, 0.3) is 0 Å². The summed E-state index contributed by atoms with van der Waals surface area (Å²) in [4.78, 5) is 5.87. The Balaban J connectivity index is 1.80. The molecular formula is C16H20N2S. The van der Waals surface area contributed by atoms with Crippen LogP contribution in [-0.4, -0.2) is 4.98 Å². The fourth-order valence-electron chi connectivity index (χ4n) is 2.39. The first-order valence-electron chi connectivity index (χ1n) is 6.97. The zero-order chi connectivity index (χ0) is 13.4. The Morgan fingerprint density at radius 3 is 2.53 bits per heavy atom. The molecule has 0 unspecified atom stereocenters. The van der Waals surface area contributed by atoms with Gasteiger partial charge < -0.3 is 5.73 Å². The molecule has 1 aliphatic rings. The Labute approximate surface area is 118 Å². The fourth-order valence-corrected chi connectivity index (χ4v) is 3.34. The lowest BCUT2D eigenvalue weighted by Crippen LogP contribution is -1.93. The van der Waals surface area contributed by atoms with E-state index in [1.165, 1.54) is 34.5 Å². The molecule has 0 radical (unpaired) electrons. The summed E-state index contributed by atoms with van der Waals surface area (Å²) in [5.74, 6) is 1.27. The predicted octanol–water partition coefficient (Wildman–Crippen LogP) is 4.32. The van der Waals surface area contributed by atoms with Crippen LogP contribution in [0.3, 0.4) is 0 Å². The van der Waals surface area contributed by atoms with Gasteiger partial charge in [-0.3, -0.25) is 0 Å². The smallest absolute Gasteiger partial charge is 0.180 e. The number of rotatable bonds is 4. The summed E-state index contributed by atoms with van der Waals surface area (Å²) in [5, 5.41) is 0.718. The minimum absolute atomic E-state index is 0.593. The minimum Gasteiger partial charge on any atom is -0.375 e. The average molecular weight is 272 g/mol. The SMILES string of the molecule is CC(C)c1ccc(Cc2sc(N)nc2C2CC2)cc1. The Hall–Kier alpha value is -1.35. The van der Waals surface area contributed by atoms with Crippen LogP contribution in [0.15, 0.2) is 24.3 Å². The van der Waals surface area contributed by atoms with E-state index >= 15 is 0 Å². The molecule has 0 spiro atoms. The zero-order valence-electron chi connectivity index (χ0n) is 11.5. The monoisotopic (exact) mass is 272 g/mol. The van der Waals surface area contributed by atoms with E-state index in [2.05, 4.69) is 43.1 Å². The van der Waals surface area contributed by atoms with Crippen molar-refractivity contribution in [1.29, 1.82) is 0 Å². The summed E-state index contributed by atoms with van der Waals surface area (Å²) in [6, 6.07) is 8.95. The van der Waals surface area contributed by atoms with Crippen LogP contribution in [0.5, 0.6) is 0 Å². The van der Waals surface area contributed by atoms with E-state index in [1.54, 1.807) is 11.3 Å². The van der Waals surface area contributed by atoms with Crippen LogP contribution in [-0.2, 0) is 6.42 Å². The maximum Gasteiger partial charge on any atom is 0.180 e. The van der Waals surface area contributed by atoms with Crippen molar-refractivity contribution in [3.8, 4) is 0 Å². The second kappa shape index (κ2) is 4.97. The number of hydrogen-bond acceptors (Lipinski definition) is 3. The van der Waals surface area contributed by atoms with Crippen LogP contribution in [0.1, 0.15) is 60.2 Å². The number of nitrogens with two attached hydrogens (primary N) is 1. The van der Waals surface area contributed by atoms with Gasteiger partial charge >= 0.3 is 0 Å². The van der Waals surface area contributed by atoms with Crippen LogP contribution in [0.4, 0.5) is 5.13 Å². The fraction of sp³-hybridized carbons (Fsp3) is 0.438. The molecule has 1 aromatic heterocycles. The topological polar surface area (TPSA) is 38.9 Å². The first-order valence-corrected chi connectivity index (χ1v) is 7.79. The second-order valence-corrected chi connectivity index (χ2v) is 6.82. The largest absolute Gasteiger partial charge is 0.375 e. The third kappa shape index (κ3) is 2.81. The van der Waals surface area contributed by atoms with Crippen molar-refractivity contribution in [1.82, 2.24) is 4.98 Å². The molecule has 3 heteroatoms. The summed E-state index contributed by atoms with van der Waals surface area (Å²) in [6.45, 7) is 4.45. The number of anilines is 1. The van der Waals surface area contributed by atoms with Gasteiger partial charge in [0.2, 0.25) is 0 Å². The summed E-state index contributed by atoms with van der Waals surface area (Å²) in [7, 11) is 0. The van der Waals surface area contributed by atoms with Crippen LogP contribution < -0.4 is 5.73 Å². The van der Waals surface area contributed by atoms with Crippen LogP contribution in [0, 0.1) is 0 Å².